The zero-order chi connectivity index (χ0) is 25.7. The molecule has 0 spiro atoms. The average molecular weight is 506 g/mol. The summed E-state index contributed by atoms with van der Waals surface area (Å²) in [4.78, 5) is 35.6. The van der Waals surface area contributed by atoms with E-state index < -0.39 is 5.97 Å². The van der Waals surface area contributed by atoms with Crippen LogP contribution in [0.1, 0.15) is 48.7 Å². The molecule has 1 N–H and O–H groups in total. The molecule has 3 aromatic rings. The van der Waals surface area contributed by atoms with E-state index in [1.165, 1.54) is 0 Å². The largest absolute Gasteiger partial charge is 0.481 e. The quantitative estimate of drug-likeness (QED) is 0.357. The predicted molar refractivity (Wildman–Crippen MR) is 140 cm³/mol. The molecule has 0 saturated carbocycles. The number of amides is 1. The Hall–Kier alpha value is -3.71. The van der Waals surface area contributed by atoms with E-state index in [4.69, 9.17) is 31.4 Å². The standard InChI is InChI=1S/C28H28ClN3O4/c1-18(21-6-5-15-36-17-21)32(2)28(35)20-11-14-23-25(16-20)30-24(7-3-4-8-26(33)34)27(31-23)19-9-12-22(29)13-10-19/h5,9-18H,3-4,6-8H2,1-2H3,(H,33,34). The summed E-state index contributed by atoms with van der Waals surface area (Å²) in [5.74, 6) is -0.933. The molecule has 2 heterocycles. The number of fused-ring (bicyclic) bond motifs is 1. The van der Waals surface area contributed by atoms with Gasteiger partial charge in [0.25, 0.3) is 5.91 Å². The molecule has 36 heavy (non-hydrogen) atoms. The minimum absolute atomic E-state index is 0.109. The lowest BCUT2D eigenvalue weighted by Crippen LogP contribution is -2.36. The number of unbranched alkanes of at least 4 members (excludes halogenated alkanes) is 1. The molecule has 0 bridgehead atoms. The SMILES string of the molecule is CC(C1=COC=CC1)N(C)C(=O)c1ccc2nc(-c3ccc(Cl)cc3)c(CCCCC(=O)O)nc2c1. The first-order valence-corrected chi connectivity index (χ1v) is 12.3. The molecule has 1 aliphatic rings. The van der Waals surface area contributed by atoms with Crippen LogP contribution in [0.3, 0.4) is 0 Å². The van der Waals surface area contributed by atoms with Crippen LogP contribution in [-0.4, -0.2) is 44.9 Å². The highest BCUT2D eigenvalue weighted by molar-refractivity contribution is 6.30. The molecule has 0 radical (unpaired) electrons. The number of hydrogen-bond acceptors (Lipinski definition) is 5. The van der Waals surface area contributed by atoms with Gasteiger partial charge in [0.1, 0.15) is 0 Å². The number of carboxylic acid groups (broad SMARTS) is 1. The average Bonchev–Trinajstić information content (AvgIpc) is 2.90. The van der Waals surface area contributed by atoms with Crippen molar-refractivity contribution in [2.24, 2.45) is 0 Å². The van der Waals surface area contributed by atoms with Crippen LogP contribution in [0.4, 0.5) is 0 Å². The lowest BCUT2D eigenvalue weighted by Gasteiger charge is -2.27. The summed E-state index contributed by atoms with van der Waals surface area (Å²) in [6, 6.07) is 12.6. The minimum Gasteiger partial charge on any atom is -0.481 e. The first-order valence-electron chi connectivity index (χ1n) is 11.9. The smallest absolute Gasteiger partial charge is 0.303 e. The fourth-order valence-corrected chi connectivity index (χ4v) is 4.24. The number of nitrogens with zero attached hydrogens (tertiary/aromatic N) is 3. The topological polar surface area (TPSA) is 92.6 Å². The van der Waals surface area contributed by atoms with Crippen molar-refractivity contribution < 1.29 is 19.4 Å². The zero-order valence-corrected chi connectivity index (χ0v) is 21.0. The van der Waals surface area contributed by atoms with Gasteiger partial charge < -0.3 is 14.7 Å². The lowest BCUT2D eigenvalue weighted by molar-refractivity contribution is -0.137. The number of allylic oxidation sites excluding steroid dienone is 1. The number of likely N-dealkylation sites (N-methyl/N-ethyl adjacent to an activating group) is 1. The molecule has 2 aromatic carbocycles. The van der Waals surface area contributed by atoms with E-state index in [0.29, 0.717) is 40.9 Å². The first-order chi connectivity index (χ1) is 17.3. The van der Waals surface area contributed by atoms with Gasteiger partial charge in [-0.3, -0.25) is 9.59 Å². The monoisotopic (exact) mass is 505 g/mol. The van der Waals surface area contributed by atoms with Crippen molar-refractivity contribution >= 4 is 34.5 Å². The van der Waals surface area contributed by atoms with Gasteiger partial charge in [-0.15, -0.1) is 0 Å². The number of rotatable bonds is 9. The van der Waals surface area contributed by atoms with E-state index in [-0.39, 0.29) is 18.4 Å². The first kappa shape index (κ1) is 25.4. The molecular weight excluding hydrogens is 478 g/mol. The molecule has 1 atom stereocenters. The number of carbonyl (C=O) groups excluding carboxylic acids is 1. The van der Waals surface area contributed by atoms with E-state index in [0.717, 1.165) is 28.9 Å². The van der Waals surface area contributed by atoms with Crippen molar-refractivity contribution in [3.05, 3.63) is 82.9 Å². The second kappa shape index (κ2) is 11.4. The van der Waals surface area contributed by atoms with Gasteiger partial charge in [0.2, 0.25) is 0 Å². The third-order valence-corrected chi connectivity index (χ3v) is 6.59. The summed E-state index contributed by atoms with van der Waals surface area (Å²) in [5, 5.41) is 9.60. The number of ether oxygens (including phenoxy) is 1. The normalized spacial score (nSPS) is 13.7. The third kappa shape index (κ3) is 5.91. The van der Waals surface area contributed by atoms with Crippen LogP contribution in [-0.2, 0) is 16.0 Å². The van der Waals surface area contributed by atoms with Crippen LogP contribution >= 0.6 is 11.6 Å². The molecule has 0 fully saturated rings. The van der Waals surface area contributed by atoms with Crippen molar-refractivity contribution in [3.8, 4) is 11.3 Å². The summed E-state index contributed by atoms with van der Waals surface area (Å²) in [6.07, 6.45) is 7.88. The second-order valence-electron chi connectivity index (χ2n) is 8.83. The Labute approximate surface area is 215 Å². The lowest BCUT2D eigenvalue weighted by atomic mass is 10.0. The Kier molecular flexibility index (Phi) is 8.00. The Balaban J connectivity index is 1.64. The third-order valence-electron chi connectivity index (χ3n) is 6.34. The van der Waals surface area contributed by atoms with Gasteiger partial charge in [-0.1, -0.05) is 23.7 Å². The fraction of sp³-hybridized carbons (Fsp3) is 0.286. The Morgan fingerprint density at radius 3 is 2.58 bits per heavy atom. The Bertz CT molecular complexity index is 1330. The van der Waals surface area contributed by atoms with Crippen molar-refractivity contribution in [2.45, 2.75) is 45.1 Å². The van der Waals surface area contributed by atoms with Crippen LogP contribution in [0, 0.1) is 0 Å². The van der Waals surface area contributed by atoms with Crippen LogP contribution < -0.4 is 0 Å². The highest BCUT2D eigenvalue weighted by atomic mass is 35.5. The fourth-order valence-electron chi connectivity index (χ4n) is 4.12. The summed E-state index contributed by atoms with van der Waals surface area (Å²) < 4.78 is 5.28. The van der Waals surface area contributed by atoms with Crippen LogP contribution in [0.2, 0.25) is 5.02 Å². The maximum Gasteiger partial charge on any atom is 0.303 e. The van der Waals surface area contributed by atoms with E-state index in [2.05, 4.69) is 0 Å². The minimum atomic E-state index is -0.814. The molecule has 8 heteroatoms. The molecule has 1 aliphatic heterocycles. The molecule has 186 valence electrons. The summed E-state index contributed by atoms with van der Waals surface area (Å²) in [5.41, 5.74) is 5.22. The van der Waals surface area contributed by atoms with Gasteiger partial charge in [-0.05, 0) is 74.6 Å². The molecule has 4 rings (SSSR count). The van der Waals surface area contributed by atoms with E-state index in [1.807, 2.05) is 31.2 Å². The summed E-state index contributed by atoms with van der Waals surface area (Å²) in [7, 11) is 1.78. The van der Waals surface area contributed by atoms with Gasteiger partial charge in [-0.25, -0.2) is 9.97 Å². The molecule has 1 aromatic heterocycles. The number of aryl methyl sites for hydroxylation is 1. The molecule has 0 saturated heterocycles. The van der Waals surface area contributed by atoms with Crippen molar-refractivity contribution in [3.63, 3.8) is 0 Å². The van der Waals surface area contributed by atoms with Gasteiger partial charge in [0.05, 0.1) is 41.0 Å². The van der Waals surface area contributed by atoms with Gasteiger partial charge in [-0.2, -0.15) is 0 Å². The molecule has 7 nitrogen and oxygen atoms in total. The molecular formula is C28H28ClN3O4. The van der Waals surface area contributed by atoms with E-state index >= 15 is 0 Å². The van der Waals surface area contributed by atoms with E-state index in [1.54, 1.807) is 48.7 Å². The number of aromatic nitrogens is 2. The van der Waals surface area contributed by atoms with Gasteiger partial charge in [0, 0.05) is 29.6 Å². The maximum atomic E-state index is 13.3. The molecule has 0 aliphatic carbocycles. The summed E-state index contributed by atoms with van der Waals surface area (Å²) in [6.45, 7) is 1.97. The summed E-state index contributed by atoms with van der Waals surface area (Å²) >= 11 is 6.07. The molecule has 1 amide bonds. The van der Waals surface area contributed by atoms with Crippen LogP contribution in [0.15, 0.2) is 66.6 Å². The number of halogens is 1. The van der Waals surface area contributed by atoms with Crippen LogP contribution in [0.25, 0.3) is 22.3 Å². The second-order valence-corrected chi connectivity index (χ2v) is 9.26. The zero-order valence-electron chi connectivity index (χ0n) is 20.3. The van der Waals surface area contributed by atoms with Crippen LogP contribution in [0.5, 0.6) is 0 Å². The van der Waals surface area contributed by atoms with Crippen molar-refractivity contribution in [1.29, 1.82) is 0 Å². The van der Waals surface area contributed by atoms with Crippen molar-refractivity contribution in [1.82, 2.24) is 14.9 Å². The highest BCUT2D eigenvalue weighted by Gasteiger charge is 2.22. The number of aliphatic carboxylic acids is 1. The highest BCUT2D eigenvalue weighted by Crippen LogP contribution is 2.27. The Morgan fingerprint density at radius 1 is 1.11 bits per heavy atom. The number of hydrogen-bond donors (Lipinski definition) is 1. The van der Waals surface area contributed by atoms with Crippen molar-refractivity contribution in [2.75, 3.05) is 7.05 Å². The molecule has 1 unspecified atom stereocenters. The van der Waals surface area contributed by atoms with Gasteiger partial charge in [0.15, 0.2) is 0 Å². The predicted octanol–water partition coefficient (Wildman–Crippen LogP) is 6.03. The van der Waals surface area contributed by atoms with Gasteiger partial charge >= 0.3 is 5.97 Å². The number of benzene rings is 2. The number of carbonyl (C=O) groups is 2. The maximum absolute atomic E-state index is 13.3. The van der Waals surface area contributed by atoms with E-state index in [9.17, 15) is 9.59 Å². The Morgan fingerprint density at radius 2 is 1.89 bits per heavy atom. The number of carboxylic acids is 1.